The molecule has 2 aliphatic carbocycles. The Morgan fingerprint density at radius 2 is 2.20 bits per heavy atom. The summed E-state index contributed by atoms with van der Waals surface area (Å²) in [6.45, 7) is 5.89. The number of hydrogen-bond donors (Lipinski definition) is 2. The molecule has 0 radical (unpaired) electrons. The molecule has 3 fully saturated rings. The SMILES string of the molecule is CN=C(NCc1nnc(C(C)C)s1)NC1C2CCOC2C12CCC2.I. The molecule has 2 saturated carbocycles. The van der Waals surface area contributed by atoms with Crippen LogP contribution >= 0.6 is 35.3 Å². The largest absolute Gasteiger partial charge is 0.377 e. The number of nitrogens with zero attached hydrogens (tertiary/aromatic N) is 3. The first-order valence-electron chi connectivity index (χ1n) is 9.05. The van der Waals surface area contributed by atoms with Gasteiger partial charge in [0.25, 0.3) is 0 Å². The lowest BCUT2D eigenvalue weighted by molar-refractivity contribution is -0.171. The Bertz CT molecular complexity index is 630. The maximum Gasteiger partial charge on any atom is 0.191 e. The van der Waals surface area contributed by atoms with E-state index in [9.17, 15) is 0 Å². The van der Waals surface area contributed by atoms with Gasteiger partial charge >= 0.3 is 0 Å². The van der Waals surface area contributed by atoms with Crippen LogP contribution in [0.15, 0.2) is 4.99 Å². The number of aliphatic imine (C=N–C) groups is 1. The minimum Gasteiger partial charge on any atom is -0.377 e. The molecule has 1 spiro atoms. The summed E-state index contributed by atoms with van der Waals surface area (Å²) in [6, 6.07) is 0.505. The topological polar surface area (TPSA) is 71.4 Å². The van der Waals surface area contributed by atoms with Crippen LogP contribution < -0.4 is 10.6 Å². The number of rotatable bonds is 4. The van der Waals surface area contributed by atoms with E-state index in [4.69, 9.17) is 4.74 Å². The van der Waals surface area contributed by atoms with Gasteiger partial charge in [0, 0.05) is 36.9 Å². The number of ether oxygens (including phenoxy) is 1. The van der Waals surface area contributed by atoms with Crippen LogP contribution in [0.4, 0.5) is 0 Å². The molecule has 1 saturated heterocycles. The quantitative estimate of drug-likeness (QED) is 0.397. The predicted octanol–water partition coefficient (Wildman–Crippen LogP) is 2.90. The van der Waals surface area contributed by atoms with Crippen LogP contribution in [0.1, 0.15) is 55.5 Å². The molecule has 4 rings (SSSR count). The lowest BCUT2D eigenvalue weighted by Gasteiger charge is -2.63. The molecule has 8 heteroatoms. The normalized spacial score (nSPS) is 29.6. The van der Waals surface area contributed by atoms with E-state index in [2.05, 4.69) is 39.7 Å². The van der Waals surface area contributed by atoms with Gasteiger partial charge in [-0.05, 0) is 19.3 Å². The third kappa shape index (κ3) is 3.29. The average Bonchev–Trinajstić information content (AvgIpc) is 3.14. The summed E-state index contributed by atoms with van der Waals surface area (Å²) in [5, 5.41) is 17.7. The summed E-state index contributed by atoms with van der Waals surface area (Å²) in [5.74, 6) is 1.96. The number of aromatic nitrogens is 2. The molecule has 3 atom stereocenters. The Morgan fingerprint density at radius 3 is 2.80 bits per heavy atom. The van der Waals surface area contributed by atoms with E-state index in [-0.39, 0.29) is 24.0 Å². The predicted molar refractivity (Wildman–Crippen MR) is 111 cm³/mol. The van der Waals surface area contributed by atoms with Crippen LogP contribution in [0.5, 0.6) is 0 Å². The summed E-state index contributed by atoms with van der Waals surface area (Å²) in [7, 11) is 1.84. The molecule has 1 aromatic rings. The molecule has 0 amide bonds. The van der Waals surface area contributed by atoms with Gasteiger partial charge in [-0.15, -0.1) is 34.2 Å². The highest BCUT2D eigenvalue weighted by atomic mass is 127. The maximum absolute atomic E-state index is 5.99. The van der Waals surface area contributed by atoms with E-state index < -0.39 is 0 Å². The summed E-state index contributed by atoms with van der Waals surface area (Å²) in [6.07, 6.45) is 5.57. The Kier molecular flexibility index (Phi) is 5.89. The van der Waals surface area contributed by atoms with Gasteiger partial charge in [-0.2, -0.15) is 0 Å². The van der Waals surface area contributed by atoms with Crippen molar-refractivity contribution in [2.24, 2.45) is 16.3 Å². The molecule has 25 heavy (non-hydrogen) atoms. The fraction of sp³-hybridized carbons (Fsp3) is 0.824. The summed E-state index contributed by atoms with van der Waals surface area (Å²) in [4.78, 5) is 4.42. The smallest absolute Gasteiger partial charge is 0.191 e. The second-order valence-electron chi connectivity index (χ2n) is 7.57. The highest BCUT2D eigenvalue weighted by Gasteiger charge is 2.66. The highest BCUT2D eigenvalue weighted by molar-refractivity contribution is 14.0. The fourth-order valence-corrected chi connectivity index (χ4v) is 5.31. The van der Waals surface area contributed by atoms with Gasteiger partial charge in [0.1, 0.15) is 10.0 Å². The van der Waals surface area contributed by atoms with Crippen molar-refractivity contribution in [3.8, 4) is 0 Å². The first kappa shape index (κ1) is 19.3. The van der Waals surface area contributed by atoms with Crippen molar-refractivity contribution < 1.29 is 4.74 Å². The van der Waals surface area contributed by atoms with Crippen LogP contribution in [-0.2, 0) is 11.3 Å². The van der Waals surface area contributed by atoms with E-state index >= 15 is 0 Å². The van der Waals surface area contributed by atoms with E-state index in [1.165, 1.54) is 25.7 Å². The average molecular weight is 477 g/mol. The van der Waals surface area contributed by atoms with Gasteiger partial charge in [0.15, 0.2) is 5.96 Å². The van der Waals surface area contributed by atoms with Gasteiger partial charge in [0.2, 0.25) is 0 Å². The second-order valence-corrected chi connectivity index (χ2v) is 8.66. The van der Waals surface area contributed by atoms with Crippen molar-refractivity contribution in [1.29, 1.82) is 0 Å². The van der Waals surface area contributed by atoms with Gasteiger partial charge in [-0.1, -0.05) is 31.6 Å². The van der Waals surface area contributed by atoms with Crippen molar-refractivity contribution in [3.05, 3.63) is 10.0 Å². The first-order chi connectivity index (χ1) is 11.6. The van der Waals surface area contributed by atoms with Crippen LogP contribution in [0.2, 0.25) is 0 Å². The molecule has 3 unspecified atom stereocenters. The molecular weight excluding hydrogens is 449 g/mol. The summed E-state index contributed by atoms with van der Waals surface area (Å²) in [5.41, 5.74) is 0.367. The van der Waals surface area contributed by atoms with Crippen LogP contribution in [0.3, 0.4) is 0 Å². The zero-order chi connectivity index (χ0) is 16.7. The van der Waals surface area contributed by atoms with Crippen molar-refractivity contribution in [2.75, 3.05) is 13.7 Å². The lowest BCUT2D eigenvalue weighted by Crippen LogP contribution is -2.72. The number of guanidine groups is 1. The Hall–Kier alpha value is -0.480. The number of fused-ring (bicyclic) bond motifs is 2. The van der Waals surface area contributed by atoms with E-state index in [1.807, 2.05) is 7.05 Å². The van der Waals surface area contributed by atoms with E-state index in [0.29, 0.717) is 35.9 Å². The third-order valence-electron chi connectivity index (χ3n) is 5.94. The molecule has 2 heterocycles. The van der Waals surface area contributed by atoms with Crippen molar-refractivity contribution in [1.82, 2.24) is 20.8 Å². The van der Waals surface area contributed by atoms with Gasteiger partial charge < -0.3 is 15.4 Å². The zero-order valence-corrected chi connectivity index (χ0v) is 18.3. The molecule has 6 nitrogen and oxygen atoms in total. The van der Waals surface area contributed by atoms with E-state index in [0.717, 1.165) is 22.6 Å². The highest BCUT2D eigenvalue weighted by Crippen LogP contribution is 2.62. The minimum atomic E-state index is 0. The van der Waals surface area contributed by atoms with Crippen LogP contribution in [0.25, 0.3) is 0 Å². The first-order valence-corrected chi connectivity index (χ1v) is 9.87. The Balaban J connectivity index is 0.00000182. The van der Waals surface area contributed by atoms with Crippen molar-refractivity contribution in [3.63, 3.8) is 0 Å². The molecule has 1 aliphatic heterocycles. The zero-order valence-electron chi connectivity index (χ0n) is 15.1. The van der Waals surface area contributed by atoms with Crippen molar-refractivity contribution >= 4 is 41.3 Å². The summed E-state index contributed by atoms with van der Waals surface area (Å²) < 4.78 is 5.99. The molecule has 0 aromatic carbocycles. The number of hydrogen-bond acceptors (Lipinski definition) is 5. The lowest BCUT2D eigenvalue weighted by atomic mass is 9.46. The standard InChI is InChI=1S/C17H27N5OS.HI/c1-10(2)15-22-21-12(24-15)9-19-16(18-3)20-13-11-5-8-23-14(11)17(13)6-4-7-17;/h10-11,13-14H,4-9H2,1-3H3,(H2,18,19,20);1H. The molecule has 3 aliphatic rings. The monoisotopic (exact) mass is 477 g/mol. The molecule has 1 aromatic heterocycles. The number of halogens is 1. The van der Waals surface area contributed by atoms with Crippen LogP contribution in [0, 0.1) is 11.3 Å². The minimum absolute atomic E-state index is 0. The summed E-state index contributed by atoms with van der Waals surface area (Å²) >= 11 is 1.68. The van der Waals surface area contributed by atoms with E-state index in [1.54, 1.807) is 11.3 Å². The van der Waals surface area contributed by atoms with Gasteiger partial charge in [0.05, 0.1) is 12.6 Å². The fourth-order valence-electron chi connectivity index (χ4n) is 4.53. The Labute approximate surface area is 170 Å². The Morgan fingerprint density at radius 1 is 1.40 bits per heavy atom. The van der Waals surface area contributed by atoms with Gasteiger partial charge in [-0.25, -0.2) is 0 Å². The molecule has 0 bridgehead atoms. The second kappa shape index (κ2) is 7.64. The van der Waals surface area contributed by atoms with Crippen LogP contribution in [-0.4, -0.2) is 42.0 Å². The molecule has 2 N–H and O–H groups in total. The molecular formula is C17H28IN5OS. The molecule has 140 valence electrons. The number of nitrogens with one attached hydrogen (secondary N) is 2. The van der Waals surface area contributed by atoms with Crippen molar-refractivity contribution in [2.45, 2.75) is 64.1 Å². The third-order valence-corrected chi connectivity index (χ3v) is 7.16. The maximum atomic E-state index is 5.99. The van der Waals surface area contributed by atoms with Gasteiger partial charge in [-0.3, -0.25) is 4.99 Å².